The van der Waals surface area contributed by atoms with Crippen LogP contribution in [0, 0.1) is 11.8 Å². The van der Waals surface area contributed by atoms with Gasteiger partial charge in [-0.05, 0) is 18.3 Å². The van der Waals surface area contributed by atoms with Crippen LogP contribution in [0.2, 0.25) is 0 Å². The Kier molecular flexibility index (Phi) is 5.92. The molecule has 0 spiro atoms. The summed E-state index contributed by atoms with van der Waals surface area (Å²) >= 11 is 0. The van der Waals surface area contributed by atoms with Crippen LogP contribution in [0.4, 0.5) is 0 Å². The fourth-order valence-corrected chi connectivity index (χ4v) is 1.51. The number of nitrogens with two attached hydrogens (primary N) is 1. The van der Waals surface area contributed by atoms with Gasteiger partial charge >= 0.3 is 5.97 Å². The van der Waals surface area contributed by atoms with Crippen LogP contribution in [-0.2, 0) is 14.3 Å². The lowest BCUT2D eigenvalue weighted by atomic mass is 9.91. The van der Waals surface area contributed by atoms with Crippen molar-refractivity contribution in [3.05, 3.63) is 0 Å². The van der Waals surface area contributed by atoms with Crippen LogP contribution >= 0.6 is 0 Å². The fourth-order valence-electron chi connectivity index (χ4n) is 1.51. The zero-order valence-corrected chi connectivity index (χ0v) is 9.08. The third-order valence-electron chi connectivity index (χ3n) is 1.98. The molecule has 14 heavy (non-hydrogen) atoms. The van der Waals surface area contributed by atoms with E-state index in [4.69, 9.17) is 5.73 Å². The van der Waals surface area contributed by atoms with Gasteiger partial charge in [0.2, 0.25) is 5.91 Å². The first-order valence-electron chi connectivity index (χ1n) is 4.80. The van der Waals surface area contributed by atoms with Crippen molar-refractivity contribution in [3.63, 3.8) is 0 Å². The van der Waals surface area contributed by atoms with Crippen molar-refractivity contribution in [2.24, 2.45) is 17.6 Å². The Morgan fingerprint density at radius 1 is 1.29 bits per heavy atom. The molecule has 0 aromatic heterocycles. The summed E-state index contributed by atoms with van der Waals surface area (Å²) in [7, 11) is 1.35. The van der Waals surface area contributed by atoms with E-state index in [0.717, 1.165) is 6.42 Å². The molecule has 1 atom stereocenters. The summed E-state index contributed by atoms with van der Waals surface area (Å²) in [6.07, 6.45) is 1.35. The highest BCUT2D eigenvalue weighted by atomic mass is 16.5. The van der Waals surface area contributed by atoms with Crippen LogP contribution in [0.25, 0.3) is 0 Å². The molecule has 0 aromatic carbocycles. The highest BCUT2D eigenvalue weighted by Crippen LogP contribution is 2.19. The largest absolute Gasteiger partial charge is 0.469 e. The molecule has 0 aliphatic carbocycles. The third kappa shape index (κ3) is 6.46. The maximum atomic E-state index is 11.0. The minimum atomic E-state index is -0.362. The number of methoxy groups -OCH3 is 1. The standard InChI is InChI=1S/C10H19NO3/c1-7(2)4-8(5-9(11)12)6-10(13)14-3/h7-8H,4-6H2,1-3H3,(H2,11,12). The minimum absolute atomic E-state index is 0.0138. The molecule has 0 aliphatic heterocycles. The molecule has 1 unspecified atom stereocenters. The zero-order chi connectivity index (χ0) is 11.1. The Bertz CT molecular complexity index is 202. The summed E-state index contributed by atoms with van der Waals surface area (Å²) in [5.74, 6) is -0.180. The average molecular weight is 201 g/mol. The molecule has 1 amide bonds. The summed E-state index contributed by atoms with van der Waals surface area (Å²) in [4.78, 5) is 21.7. The average Bonchev–Trinajstić information content (AvgIpc) is 2.01. The van der Waals surface area contributed by atoms with Gasteiger partial charge in [-0.25, -0.2) is 0 Å². The van der Waals surface area contributed by atoms with Crippen molar-refractivity contribution in [2.75, 3.05) is 7.11 Å². The van der Waals surface area contributed by atoms with Gasteiger partial charge < -0.3 is 10.5 Å². The zero-order valence-electron chi connectivity index (χ0n) is 9.08. The van der Waals surface area contributed by atoms with E-state index in [1.165, 1.54) is 7.11 Å². The van der Waals surface area contributed by atoms with E-state index < -0.39 is 0 Å². The van der Waals surface area contributed by atoms with Crippen LogP contribution in [0.15, 0.2) is 0 Å². The smallest absolute Gasteiger partial charge is 0.305 e. The third-order valence-corrected chi connectivity index (χ3v) is 1.98. The van der Waals surface area contributed by atoms with E-state index in [9.17, 15) is 9.59 Å². The number of hydrogen-bond acceptors (Lipinski definition) is 3. The molecule has 0 rings (SSSR count). The molecule has 4 heteroatoms. The summed E-state index contributed by atoms with van der Waals surface area (Å²) < 4.78 is 4.55. The predicted octanol–water partition coefficient (Wildman–Crippen LogP) is 1.09. The van der Waals surface area contributed by atoms with Gasteiger partial charge in [-0.2, -0.15) is 0 Å². The first-order chi connectivity index (χ1) is 6.45. The highest BCUT2D eigenvalue weighted by Gasteiger charge is 2.17. The summed E-state index contributed by atoms with van der Waals surface area (Å²) in [6.45, 7) is 4.09. The predicted molar refractivity (Wildman–Crippen MR) is 53.4 cm³/mol. The molecule has 0 saturated carbocycles. The van der Waals surface area contributed by atoms with Crippen molar-refractivity contribution in [3.8, 4) is 0 Å². The van der Waals surface area contributed by atoms with E-state index in [1.54, 1.807) is 0 Å². The van der Waals surface area contributed by atoms with E-state index >= 15 is 0 Å². The van der Waals surface area contributed by atoms with E-state index in [0.29, 0.717) is 5.92 Å². The normalized spacial score (nSPS) is 12.6. The number of ether oxygens (including phenoxy) is 1. The van der Waals surface area contributed by atoms with Gasteiger partial charge in [0.05, 0.1) is 7.11 Å². The van der Waals surface area contributed by atoms with Gasteiger partial charge in [0.15, 0.2) is 0 Å². The van der Waals surface area contributed by atoms with E-state index in [-0.39, 0.29) is 30.6 Å². The van der Waals surface area contributed by atoms with Crippen LogP contribution < -0.4 is 5.73 Å². The number of amides is 1. The quantitative estimate of drug-likeness (QED) is 0.654. The lowest BCUT2D eigenvalue weighted by Gasteiger charge is -2.15. The minimum Gasteiger partial charge on any atom is -0.469 e. The molecule has 0 saturated heterocycles. The highest BCUT2D eigenvalue weighted by molar-refractivity contribution is 5.75. The molecule has 0 fully saturated rings. The summed E-state index contributed by atoms with van der Waals surface area (Å²) in [5.41, 5.74) is 5.10. The Morgan fingerprint density at radius 3 is 2.21 bits per heavy atom. The number of esters is 1. The molecule has 82 valence electrons. The van der Waals surface area contributed by atoms with Crippen LogP contribution in [0.1, 0.15) is 33.1 Å². The summed E-state index contributed by atoms with van der Waals surface area (Å²) in [5, 5.41) is 0. The van der Waals surface area contributed by atoms with Crippen molar-refractivity contribution in [1.29, 1.82) is 0 Å². The van der Waals surface area contributed by atoms with Crippen molar-refractivity contribution in [1.82, 2.24) is 0 Å². The second-order valence-electron chi connectivity index (χ2n) is 3.95. The van der Waals surface area contributed by atoms with Gasteiger partial charge in [0.1, 0.15) is 0 Å². The number of carbonyl (C=O) groups is 2. The molecule has 0 bridgehead atoms. The van der Waals surface area contributed by atoms with Gasteiger partial charge in [-0.3, -0.25) is 9.59 Å². The Morgan fingerprint density at radius 2 is 1.86 bits per heavy atom. The van der Waals surface area contributed by atoms with Gasteiger partial charge in [-0.1, -0.05) is 13.8 Å². The lowest BCUT2D eigenvalue weighted by Crippen LogP contribution is -2.20. The Balaban J connectivity index is 4.09. The molecule has 0 heterocycles. The second-order valence-corrected chi connectivity index (χ2v) is 3.95. The maximum absolute atomic E-state index is 11.0. The monoisotopic (exact) mass is 201 g/mol. The van der Waals surface area contributed by atoms with Gasteiger partial charge in [-0.15, -0.1) is 0 Å². The number of hydrogen-bond donors (Lipinski definition) is 1. The van der Waals surface area contributed by atoms with E-state index in [1.807, 2.05) is 13.8 Å². The van der Waals surface area contributed by atoms with Crippen LogP contribution in [-0.4, -0.2) is 19.0 Å². The topological polar surface area (TPSA) is 69.4 Å². The van der Waals surface area contributed by atoms with Gasteiger partial charge in [0, 0.05) is 12.8 Å². The summed E-state index contributed by atoms with van der Waals surface area (Å²) in [6, 6.07) is 0. The Hall–Kier alpha value is -1.06. The molecule has 2 N–H and O–H groups in total. The molecule has 0 aliphatic rings. The van der Waals surface area contributed by atoms with Crippen LogP contribution in [0.5, 0.6) is 0 Å². The molecular formula is C10H19NO3. The molecule has 0 radical (unpaired) electrons. The number of rotatable bonds is 6. The maximum Gasteiger partial charge on any atom is 0.305 e. The fraction of sp³-hybridized carbons (Fsp3) is 0.800. The van der Waals surface area contributed by atoms with Crippen molar-refractivity contribution >= 4 is 11.9 Å². The molecule has 4 nitrogen and oxygen atoms in total. The molecular weight excluding hydrogens is 182 g/mol. The van der Waals surface area contributed by atoms with E-state index in [2.05, 4.69) is 4.74 Å². The van der Waals surface area contributed by atoms with Crippen molar-refractivity contribution in [2.45, 2.75) is 33.1 Å². The lowest BCUT2D eigenvalue weighted by molar-refractivity contribution is -0.142. The number of primary amides is 1. The Labute approximate surface area is 84.8 Å². The van der Waals surface area contributed by atoms with Gasteiger partial charge in [0.25, 0.3) is 0 Å². The first-order valence-corrected chi connectivity index (χ1v) is 4.80. The first kappa shape index (κ1) is 12.9. The van der Waals surface area contributed by atoms with Crippen LogP contribution in [0.3, 0.4) is 0 Å². The second kappa shape index (κ2) is 6.40. The number of carbonyl (C=O) groups excluding carboxylic acids is 2. The SMILES string of the molecule is COC(=O)CC(CC(N)=O)CC(C)C. The van der Waals surface area contributed by atoms with Crippen molar-refractivity contribution < 1.29 is 14.3 Å². The molecule has 0 aromatic rings.